The second kappa shape index (κ2) is 8.56. The first-order valence-corrected chi connectivity index (χ1v) is 8.29. The highest BCUT2D eigenvalue weighted by Gasteiger charge is 2.11. The van der Waals surface area contributed by atoms with E-state index >= 15 is 0 Å². The molecule has 0 spiro atoms. The molecule has 2 amide bonds. The Morgan fingerprint density at radius 3 is 2.68 bits per heavy atom. The number of amides is 2. The van der Waals surface area contributed by atoms with E-state index in [1.165, 1.54) is 10.4 Å². The first-order chi connectivity index (χ1) is 10.7. The SMILES string of the molecule is Cc1ccsc1CCNC(=O)N[C@H](CO)Cc1ccccc1. The van der Waals surface area contributed by atoms with Gasteiger partial charge in [-0.1, -0.05) is 30.3 Å². The molecule has 0 aliphatic carbocycles. The molecule has 5 heteroatoms. The third kappa shape index (κ3) is 5.16. The van der Waals surface area contributed by atoms with Crippen LogP contribution in [0.5, 0.6) is 0 Å². The molecule has 0 unspecified atom stereocenters. The van der Waals surface area contributed by atoms with Crippen LogP contribution in [0.1, 0.15) is 16.0 Å². The molecule has 3 N–H and O–H groups in total. The zero-order valence-electron chi connectivity index (χ0n) is 12.7. The fourth-order valence-corrected chi connectivity index (χ4v) is 3.16. The van der Waals surface area contributed by atoms with Gasteiger partial charge in [0.2, 0.25) is 0 Å². The number of hydrogen-bond donors (Lipinski definition) is 3. The fourth-order valence-electron chi connectivity index (χ4n) is 2.25. The first kappa shape index (κ1) is 16.5. The third-order valence-electron chi connectivity index (χ3n) is 3.49. The lowest BCUT2D eigenvalue weighted by atomic mass is 10.1. The highest BCUT2D eigenvalue weighted by atomic mass is 32.1. The zero-order valence-corrected chi connectivity index (χ0v) is 13.5. The van der Waals surface area contributed by atoms with Gasteiger partial charge in [0.1, 0.15) is 0 Å². The quantitative estimate of drug-likeness (QED) is 0.734. The minimum atomic E-state index is -0.272. The number of benzene rings is 1. The zero-order chi connectivity index (χ0) is 15.8. The standard InChI is InChI=1S/C17H22N2O2S/c1-13-8-10-22-16(13)7-9-18-17(21)19-15(12-20)11-14-5-3-2-4-6-14/h2-6,8,10,15,20H,7,9,11-12H2,1H3,(H2,18,19,21)/t15-/m0/s1. The minimum absolute atomic E-state index is 0.0770. The molecular weight excluding hydrogens is 296 g/mol. The number of carbonyl (C=O) groups is 1. The number of aryl methyl sites for hydroxylation is 1. The van der Waals surface area contributed by atoms with E-state index in [9.17, 15) is 9.90 Å². The summed E-state index contributed by atoms with van der Waals surface area (Å²) in [6.07, 6.45) is 1.45. The minimum Gasteiger partial charge on any atom is -0.394 e. The predicted octanol–water partition coefficient (Wildman–Crippen LogP) is 2.50. The first-order valence-electron chi connectivity index (χ1n) is 7.41. The Bertz CT molecular complexity index is 583. The van der Waals surface area contributed by atoms with Crippen LogP contribution in [0.15, 0.2) is 41.8 Å². The Balaban J connectivity index is 1.74. The molecule has 2 aromatic rings. The fraction of sp³-hybridized carbons (Fsp3) is 0.353. The van der Waals surface area contributed by atoms with Crippen molar-refractivity contribution in [3.63, 3.8) is 0 Å². The summed E-state index contributed by atoms with van der Waals surface area (Å²) in [5.41, 5.74) is 2.36. The van der Waals surface area contributed by atoms with Gasteiger partial charge in [0.05, 0.1) is 12.6 Å². The van der Waals surface area contributed by atoms with Crippen LogP contribution in [-0.4, -0.2) is 30.3 Å². The van der Waals surface area contributed by atoms with E-state index in [1.54, 1.807) is 11.3 Å². The number of thiophene rings is 1. The molecule has 2 rings (SSSR count). The van der Waals surface area contributed by atoms with E-state index < -0.39 is 0 Å². The van der Waals surface area contributed by atoms with Crippen molar-refractivity contribution in [1.82, 2.24) is 10.6 Å². The van der Waals surface area contributed by atoms with Crippen molar-refractivity contribution in [2.45, 2.75) is 25.8 Å². The highest BCUT2D eigenvalue weighted by Crippen LogP contribution is 2.15. The molecule has 0 aliphatic rings. The molecule has 0 aliphatic heterocycles. The Morgan fingerprint density at radius 2 is 2.05 bits per heavy atom. The topological polar surface area (TPSA) is 61.4 Å². The summed E-state index contributed by atoms with van der Waals surface area (Å²) in [7, 11) is 0. The lowest BCUT2D eigenvalue weighted by Gasteiger charge is -2.17. The van der Waals surface area contributed by atoms with Crippen molar-refractivity contribution in [2.75, 3.05) is 13.2 Å². The smallest absolute Gasteiger partial charge is 0.315 e. The Hall–Kier alpha value is -1.85. The van der Waals surface area contributed by atoms with Crippen molar-refractivity contribution in [1.29, 1.82) is 0 Å². The second-order valence-corrected chi connectivity index (χ2v) is 6.25. The maximum Gasteiger partial charge on any atom is 0.315 e. The molecule has 4 nitrogen and oxygen atoms in total. The number of aliphatic hydroxyl groups is 1. The summed E-state index contributed by atoms with van der Waals surface area (Å²) in [6.45, 7) is 2.59. The maximum absolute atomic E-state index is 11.9. The highest BCUT2D eigenvalue weighted by molar-refractivity contribution is 7.10. The second-order valence-electron chi connectivity index (χ2n) is 5.25. The average Bonchev–Trinajstić information content (AvgIpc) is 2.93. The molecule has 1 aromatic heterocycles. The van der Waals surface area contributed by atoms with Gasteiger partial charge < -0.3 is 15.7 Å². The number of nitrogens with one attached hydrogen (secondary N) is 2. The van der Waals surface area contributed by atoms with Crippen LogP contribution in [0, 0.1) is 6.92 Å². The van der Waals surface area contributed by atoms with Crippen molar-refractivity contribution in [3.05, 3.63) is 57.8 Å². The van der Waals surface area contributed by atoms with Crippen LogP contribution >= 0.6 is 11.3 Å². The van der Waals surface area contributed by atoms with Gasteiger partial charge in [-0.3, -0.25) is 0 Å². The molecule has 1 atom stereocenters. The number of aliphatic hydroxyl groups excluding tert-OH is 1. The normalized spacial score (nSPS) is 11.9. The van der Waals surface area contributed by atoms with Crippen LogP contribution in [0.3, 0.4) is 0 Å². The predicted molar refractivity (Wildman–Crippen MR) is 90.3 cm³/mol. The lowest BCUT2D eigenvalue weighted by Crippen LogP contribution is -2.45. The summed E-state index contributed by atoms with van der Waals surface area (Å²) < 4.78 is 0. The van der Waals surface area contributed by atoms with Gasteiger partial charge in [-0.05, 0) is 42.3 Å². The van der Waals surface area contributed by atoms with Gasteiger partial charge in [-0.2, -0.15) is 0 Å². The molecule has 118 valence electrons. The van der Waals surface area contributed by atoms with Gasteiger partial charge in [-0.25, -0.2) is 4.79 Å². The van der Waals surface area contributed by atoms with E-state index in [4.69, 9.17) is 0 Å². The Kier molecular flexibility index (Phi) is 6.43. The summed E-state index contributed by atoms with van der Waals surface area (Å²) in [5, 5.41) is 17.1. The van der Waals surface area contributed by atoms with Gasteiger partial charge >= 0.3 is 6.03 Å². The molecule has 1 aromatic carbocycles. The van der Waals surface area contributed by atoms with Crippen LogP contribution in [-0.2, 0) is 12.8 Å². The van der Waals surface area contributed by atoms with Gasteiger partial charge in [0.15, 0.2) is 0 Å². The molecule has 0 saturated heterocycles. The third-order valence-corrected chi connectivity index (χ3v) is 4.57. The van der Waals surface area contributed by atoms with Gasteiger partial charge in [0.25, 0.3) is 0 Å². The number of urea groups is 1. The lowest BCUT2D eigenvalue weighted by molar-refractivity contribution is 0.216. The van der Waals surface area contributed by atoms with Crippen LogP contribution in [0.2, 0.25) is 0 Å². The van der Waals surface area contributed by atoms with E-state index in [-0.39, 0.29) is 18.7 Å². The van der Waals surface area contributed by atoms with E-state index in [0.717, 1.165) is 12.0 Å². The van der Waals surface area contributed by atoms with Gasteiger partial charge in [0, 0.05) is 11.4 Å². The van der Waals surface area contributed by atoms with E-state index in [0.29, 0.717) is 13.0 Å². The van der Waals surface area contributed by atoms with Crippen molar-refractivity contribution in [3.8, 4) is 0 Å². The van der Waals surface area contributed by atoms with Crippen LogP contribution < -0.4 is 10.6 Å². The molecule has 1 heterocycles. The van der Waals surface area contributed by atoms with Crippen LogP contribution in [0.4, 0.5) is 4.79 Å². The van der Waals surface area contributed by atoms with E-state index in [2.05, 4.69) is 29.0 Å². The largest absolute Gasteiger partial charge is 0.394 e. The summed E-state index contributed by atoms with van der Waals surface area (Å²) >= 11 is 1.71. The maximum atomic E-state index is 11.9. The van der Waals surface area contributed by atoms with E-state index in [1.807, 2.05) is 30.3 Å². The summed E-state index contributed by atoms with van der Waals surface area (Å²) in [5.74, 6) is 0. The van der Waals surface area contributed by atoms with Crippen molar-refractivity contribution < 1.29 is 9.90 Å². The number of hydrogen-bond acceptors (Lipinski definition) is 3. The molecular formula is C17H22N2O2S. The summed E-state index contributed by atoms with van der Waals surface area (Å²) in [6, 6.07) is 11.4. The summed E-state index contributed by atoms with van der Waals surface area (Å²) in [4.78, 5) is 13.2. The monoisotopic (exact) mass is 318 g/mol. The molecule has 0 radical (unpaired) electrons. The number of carbonyl (C=O) groups excluding carboxylic acids is 1. The van der Waals surface area contributed by atoms with Crippen molar-refractivity contribution >= 4 is 17.4 Å². The van der Waals surface area contributed by atoms with Crippen LogP contribution in [0.25, 0.3) is 0 Å². The molecule has 0 saturated carbocycles. The Labute approximate surface area is 135 Å². The number of rotatable bonds is 7. The molecule has 22 heavy (non-hydrogen) atoms. The Morgan fingerprint density at radius 1 is 1.27 bits per heavy atom. The molecule has 0 bridgehead atoms. The average molecular weight is 318 g/mol. The van der Waals surface area contributed by atoms with Gasteiger partial charge in [-0.15, -0.1) is 11.3 Å². The van der Waals surface area contributed by atoms with Crippen molar-refractivity contribution in [2.24, 2.45) is 0 Å². The molecule has 0 fully saturated rings.